The average molecular weight is 283 g/mol. The largest absolute Gasteiger partial charge is 0.493 e. The molecule has 1 aromatic heterocycles. The number of aromatic nitrogens is 2. The fraction of sp³-hybridized carbons (Fsp3) is 0.294. The minimum absolute atomic E-state index is 0.175. The molecule has 0 spiro atoms. The second kappa shape index (κ2) is 6.88. The van der Waals surface area contributed by atoms with Gasteiger partial charge in [0.25, 0.3) is 0 Å². The van der Waals surface area contributed by atoms with E-state index >= 15 is 0 Å². The second-order valence-corrected chi connectivity index (χ2v) is 4.71. The van der Waals surface area contributed by atoms with E-state index in [0.717, 1.165) is 29.7 Å². The fourth-order valence-electron chi connectivity index (χ4n) is 2.29. The van der Waals surface area contributed by atoms with Crippen molar-refractivity contribution in [2.24, 2.45) is 4.99 Å². The molecule has 0 saturated heterocycles. The molecule has 4 heteroatoms. The molecule has 0 aliphatic heterocycles. The van der Waals surface area contributed by atoms with E-state index in [1.54, 1.807) is 6.21 Å². The first-order chi connectivity index (χ1) is 10.2. The summed E-state index contributed by atoms with van der Waals surface area (Å²) < 4.78 is 1.51. The Morgan fingerprint density at radius 2 is 2.00 bits per heavy atom. The van der Waals surface area contributed by atoms with Crippen LogP contribution in [0, 0.1) is 0 Å². The summed E-state index contributed by atoms with van der Waals surface area (Å²) in [6, 6.07) is 9.93. The van der Waals surface area contributed by atoms with Crippen LogP contribution in [0.3, 0.4) is 0 Å². The maximum atomic E-state index is 10.5. The number of hydrogen-bond donors (Lipinski definition) is 1. The van der Waals surface area contributed by atoms with Gasteiger partial charge in [0.05, 0.1) is 5.69 Å². The van der Waals surface area contributed by atoms with Gasteiger partial charge in [0.15, 0.2) is 5.82 Å². The Balaban J connectivity index is 2.61. The highest BCUT2D eigenvalue weighted by molar-refractivity contribution is 5.69. The van der Waals surface area contributed by atoms with Gasteiger partial charge in [-0.25, -0.2) is 4.99 Å². The van der Waals surface area contributed by atoms with E-state index < -0.39 is 0 Å². The van der Waals surface area contributed by atoms with E-state index in [9.17, 15) is 5.11 Å². The summed E-state index contributed by atoms with van der Waals surface area (Å²) in [7, 11) is 0. The molecule has 0 amide bonds. The van der Waals surface area contributed by atoms with Crippen LogP contribution in [0.1, 0.15) is 32.8 Å². The Kier molecular flexibility index (Phi) is 4.93. The molecule has 0 radical (unpaired) electrons. The van der Waals surface area contributed by atoms with Crippen LogP contribution in [0.2, 0.25) is 0 Å². The lowest BCUT2D eigenvalue weighted by Crippen LogP contribution is -1.97. The van der Waals surface area contributed by atoms with E-state index in [-0.39, 0.29) is 5.88 Å². The molecule has 0 aliphatic rings. The lowest BCUT2D eigenvalue weighted by atomic mass is 10.0. The minimum atomic E-state index is 0.175. The van der Waals surface area contributed by atoms with Crippen molar-refractivity contribution in [3.8, 4) is 17.1 Å². The van der Waals surface area contributed by atoms with Gasteiger partial charge in [-0.05, 0) is 26.3 Å². The Labute approximate surface area is 125 Å². The van der Waals surface area contributed by atoms with Crippen LogP contribution in [0.4, 0.5) is 0 Å². The SMILES string of the molecule is C/C=N\C(=C/C)n1nc(-c2ccccc2)c(CCC)c1O. The van der Waals surface area contributed by atoms with Crippen LogP contribution in [-0.2, 0) is 6.42 Å². The summed E-state index contributed by atoms with van der Waals surface area (Å²) in [6.45, 7) is 5.81. The van der Waals surface area contributed by atoms with Gasteiger partial charge in [0.2, 0.25) is 5.88 Å². The first-order valence-electron chi connectivity index (χ1n) is 7.24. The Bertz CT molecular complexity index is 654. The maximum Gasteiger partial charge on any atom is 0.219 e. The normalized spacial score (nSPS) is 12.2. The van der Waals surface area contributed by atoms with Crippen LogP contribution in [0.25, 0.3) is 17.1 Å². The highest BCUT2D eigenvalue weighted by Gasteiger charge is 2.19. The minimum Gasteiger partial charge on any atom is -0.493 e. The molecule has 1 N–H and O–H groups in total. The van der Waals surface area contributed by atoms with Crippen LogP contribution >= 0.6 is 0 Å². The summed E-state index contributed by atoms with van der Waals surface area (Å²) in [5, 5.41) is 15.1. The summed E-state index contributed by atoms with van der Waals surface area (Å²) in [5.74, 6) is 0.795. The third-order valence-corrected chi connectivity index (χ3v) is 3.24. The average Bonchev–Trinajstić information content (AvgIpc) is 2.84. The fourth-order valence-corrected chi connectivity index (χ4v) is 2.29. The number of aliphatic imine (C=N–C) groups is 1. The van der Waals surface area contributed by atoms with Gasteiger partial charge in [-0.1, -0.05) is 43.7 Å². The monoisotopic (exact) mass is 283 g/mol. The second-order valence-electron chi connectivity index (χ2n) is 4.71. The van der Waals surface area contributed by atoms with Crippen molar-refractivity contribution >= 4 is 12.0 Å². The number of aromatic hydroxyl groups is 1. The first-order valence-corrected chi connectivity index (χ1v) is 7.24. The molecule has 1 heterocycles. The van der Waals surface area contributed by atoms with E-state index in [2.05, 4.69) is 17.0 Å². The number of allylic oxidation sites excluding steroid dienone is 1. The zero-order valence-corrected chi connectivity index (χ0v) is 12.7. The molecule has 0 atom stereocenters. The molecular weight excluding hydrogens is 262 g/mol. The van der Waals surface area contributed by atoms with Crippen molar-refractivity contribution in [2.45, 2.75) is 33.6 Å². The van der Waals surface area contributed by atoms with E-state index in [1.165, 1.54) is 4.68 Å². The number of rotatable bonds is 5. The van der Waals surface area contributed by atoms with E-state index in [4.69, 9.17) is 0 Å². The van der Waals surface area contributed by atoms with Crippen molar-refractivity contribution in [3.05, 3.63) is 42.0 Å². The maximum absolute atomic E-state index is 10.5. The van der Waals surface area contributed by atoms with Crippen molar-refractivity contribution in [2.75, 3.05) is 0 Å². The topological polar surface area (TPSA) is 50.4 Å². The van der Waals surface area contributed by atoms with Gasteiger partial charge >= 0.3 is 0 Å². The third kappa shape index (κ3) is 3.05. The molecule has 1 aromatic carbocycles. The van der Waals surface area contributed by atoms with E-state index in [0.29, 0.717) is 5.82 Å². The van der Waals surface area contributed by atoms with Gasteiger partial charge < -0.3 is 5.11 Å². The highest BCUT2D eigenvalue weighted by Crippen LogP contribution is 2.32. The number of nitrogens with zero attached hydrogens (tertiary/aromatic N) is 3. The zero-order chi connectivity index (χ0) is 15.2. The van der Waals surface area contributed by atoms with Crippen molar-refractivity contribution in [1.82, 2.24) is 9.78 Å². The zero-order valence-electron chi connectivity index (χ0n) is 12.7. The molecule has 21 heavy (non-hydrogen) atoms. The quantitative estimate of drug-likeness (QED) is 0.839. The molecule has 4 nitrogen and oxygen atoms in total. The first kappa shape index (κ1) is 15.0. The number of benzene rings is 1. The highest BCUT2D eigenvalue weighted by atomic mass is 16.3. The molecule has 0 aliphatic carbocycles. The Hall–Kier alpha value is -2.36. The summed E-state index contributed by atoms with van der Waals surface area (Å²) in [4.78, 5) is 4.26. The van der Waals surface area contributed by atoms with Gasteiger partial charge in [-0.15, -0.1) is 0 Å². The molecule has 110 valence electrons. The van der Waals surface area contributed by atoms with Crippen LogP contribution < -0.4 is 0 Å². The van der Waals surface area contributed by atoms with Crippen molar-refractivity contribution < 1.29 is 5.11 Å². The van der Waals surface area contributed by atoms with Crippen molar-refractivity contribution in [1.29, 1.82) is 0 Å². The summed E-state index contributed by atoms with van der Waals surface area (Å²) >= 11 is 0. The van der Waals surface area contributed by atoms with Crippen LogP contribution in [0.15, 0.2) is 41.4 Å². The lowest BCUT2D eigenvalue weighted by molar-refractivity contribution is 0.429. The van der Waals surface area contributed by atoms with Crippen molar-refractivity contribution in [3.63, 3.8) is 0 Å². The Morgan fingerprint density at radius 1 is 1.29 bits per heavy atom. The predicted octanol–water partition coefficient (Wildman–Crippen LogP) is 4.12. The summed E-state index contributed by atoms with van der Waals surface area (Å²) in [6.07, 6.45) is 5.25. The standard InChI is InChI=1S/C17H21N3O/c1-4-10-14-16(13-11-8-7-9-12-13)19-20(17(14)21)15(5-2)18-6-3/h5-9,11-12,21H,4,10H2,1-3H3/b15-5+,18-6-. The van der Waals surface area contributed by atoms with Gasteiger partial charge in [0.1, 0.15) is 0 Å². The van der Waals surface area contributed by atoms with Gasteiger partial charge in [-0.3, -0.25) is 0 Å². The molecule has 0 fully saturated rings. The van der Waals surface area contributed by atoms with Crippen LogP contribution in [0.5, 0.6) is 5.88 Å². The van der Waals surface area contributed by atoms with Gasteiger partial charge in [-0.2, -0.15) is 9.78 Å². The van der Waals surface area contributed by atoms with E-state index in [1.807, 2.05) is 50.3 Å². The molecule has 0 bridgehead atoms. The molecule has 0 unspecified atom stereocenters. The molecule has 2 aromatic rings. The van der Waals surface area contributed by atoms with Crippen LogP contribution in [-0.4, -0.2) is 21.1 Å². The number of hydrogen-bond acceptors (Lipinski definition) is 3. The lowest BCUT2D eigenvalue weighted by Gasteiger charge is -2.02. The molecular formula is C17H21N3O. The predicted molar refractivity (Wildman–Crippen MR) is 87.4 cm³/mol. The third-order valence-electron chi connectivity index (χ3n) is 3.24. The molecule has 2 rings (SSSR count). The van der Waals surface area contributed by atoms with Gasteiger partial charge in [0, 0.05) is 17.3 Å². The molecule has 0 saturated carbocycles. The Morgan fingerprint density at radius 3 is 2.57 bits per heavy atom. The summed E-state index contributed by atoms with van der Waals surface area (Å²) in [5.41, 5.74) is 2.70. The smallest absolute Gasteiger partial charge is 0.219 e.